The smallest absolute Gasteiger partial charge is 0.0660 e. The summed E-state index contributed by atoms with van der Waals surface area (Å²) in [7, 11) is 0. The fourth-order valence-electron chi connectivity index (χ4n) is 2.24. The van der Waals surface area contributed by atoms with Crippen LogP contribution >= 0.6 is 0 Å². The lowest BCUT2D eigenvalue weighted by Gasteiger charge is -2.37. The van der Waals surface area contributed by atoms with Crippen molar-refractivity contribution < 1.29 is 4.74 Å². The van der Waals surface area contributed by atoms with Gasteiger partial charge in [0, 0.05) is 26.2 Å². The van der Waals surface area contributed by atoms with Crippen molar-refractivity contribution in [2.75, 3.05) is 45.9 Å². The van der Waals surface area contributed by atoms with Crippen LogP contribution in [0.15, 0.2) is 0 Å². The van der Waals surface area contributed by atoms with Crippen LogP contribution in [0.2, 0.25) is 0 Å². The molecule has 0 bridgehead atoms. The van der Waals surface area contributed by atoms with Gasteiger partial charge in [0.05, 0.1) is 12.1 Å². The van der Waals surface area contributed by atoms with Gasteiger partial charge in [0.15, 0.2) is 0 Å². The van der Waals surface area contributed by atoms with E-state index in [0.717, 1.165) is 52.2 Å². The van der Waals surface area contributed by atoms with Crippen molar-refractivity contribution in [3.63, 3.8) is 0 Å². The monoisotopic (exact) mass is 229 g/mol. The maximum Gasteiger partial charge on any atom is 0.0660 e. The van der Waals surface area contributed by atoms with Crippen LogP contribution in [0.5, 0.6) is 0 Å². The minimum absolute atomic E-state index is 0.0331. The van der Waals surface area contributed by atoms with Crippen molar-refractivity contribution >= 4 is 0 Å². The van der Waals surface area contributed by atoms with E-state index in [4.69, 9.17) is 10.5 Å². The van der Waals surface area contributed by atoms with Crippen LogP contribution in [0.4, 0.5) is 0 Å². The van der Waals surface area contributed by atoms with Crippen molar-refractivity contribution in [3.05, 3.63) is 0 Å². The van der Waals surface area contributed by atoms with Crippen LogP contribution in [-0.4, -0.2) is 56.4 Å². The van der Waals surface area contributed by atoms with Gasteiger partial charge in [0.25, 0.3) is 0 Å². The predicted octanol–water partition coefficient (Wildman–Crippen LogP) is 0.426. The number of nitrogens with one attached hydrogen (secondary N) is 1. The summed E-state index contributed by atoms with van der Waals surface area (Å²) in [4.78, 5) is 2.42. The average molecular weight is 229 g/mol. The van der Waals surface area contributed by atoms with E-state index in [1.165, 1.54) is 0 Å². The molecule has 1 atom stereocenters. The largest absolute Gasteiger partial charge is 0.379 e. The first kappa shape index (κ1) is 13.9. The lowest BCUT2D eigenvalue weighted by molar-refractivity contribution is 0.0232. The molecular formula is C12H27N3O. The minimum Gasteiger partial charge on any atom is -0.379 e. The highest BCUT2D eigenvalue weighted by molar-refractivity contribution is 4.91. The van der Waals surface area contributed by atoms with Crippen molar-refractivity contribution in [2.24, 2.45) is 5.73 Å². The molecule has 1 unspecified atom stereocenters. The highest BCUT2D eigenvalue weighted by Crippen LogP contribution is 2.17. The Morgan fingerprint density at radius 1 is 1.38 bits per heavy atom. The molecule has 0 saturated carbocycles. The van der Waals surface area contributed by atoms with E-state index in [9.17, 15) is 0 Å². The Morgan fingerprint density at radius 2 is 2.12 bits per heavy atom. The van der Waals surface area contributed by atoms with Crippen molar-refractivity contribution in [1.29, 1.82) is 0 Å². The second-order valence-corrected chi connectivity index (χ2v) is 4.59. The number of rotatable bonds is 7. The van der Waals surface area contributed by atoms with Crippen LogP contribution in [-0.2, 0) is 4.74 Å². The number of nitrogens with two attached hydrogens (primary N) is 1. The predicted molar refractivity (Wildman–Crippen MR) is 67.6 cm³/mol. The van der Waals surface area contributed by atoms with Gasteiger partial charge < -0.3 is 20.7 Å². The zero-order chi connectivity index (χ0) is 11.9. The van der Waals surface area contributed by atoms with Crippen LogP contribution in [0, 0.1) is 0 Å². The van der Waals surface area contributed by atoms with Crippen LogP contribution in [0.25, 0.3) is 0 Å². The topological polar surface area (TPSA) is 50.5 Å². The Balaban J connectivity index is 2.27. The molecule has 1 aliphatic heterocycles. The number of likely N-dealkylation sites (N-methyl/N-ethyl adjacent to an activating group) is 1. The maximum absolute atomic E-state index is 5.86. The Hall–Kier alpha value is -0.160. The Kier molecular flexibility index (Phi) is 6.28. The first-order valence-electron chi connectivity index (χ1n) is 6.51. The molecule has 1 heterocycles. The van der Waals surface area contributed by atoms with Crippen molar-refractivity contribution in [2.45, 2.75) is 32.2 Å². The molecule has 0 radical (unpaired) electrons. The van der Waals surface area contributed by atoms with E-state index in [2.05, 4.69) is 24.1 Å². The average Bonchev–Trinajstić information content (AvgIpc) is 2.36. The summed E-state index contributed by atoms with van der Waals surface area (Å²) in [5, 5.41) is 3.59. The molecule has 16 heavy (non-hydrogen) atoms. The van der Waals surface area contributed by atoms with E-state index >= 15 is 0 Å². The van der Waals surface area contributed by atoms with E-state index in [1.54, 1.807) is 0 Å². The van der Waals surface area contributed by atoms with Gasteiger partial charge in [-0.2, -0.15) is 0 Å². The SMILES string of the molecule is CCN(CC)CCNC1(CN)CCCOC1. The van der Waals surface area contributed by atoms with E-state index in [-0.39, 0.29) is 5.54 Å². The summed E-state index contributed by atoms with van der Waals surface area (Å²) >= 11 is 0. The van der Waals surface area contributed by atoms with E-state index in [1.807, 2.05) is 0 Å². The fourth-order valence-corrected chi connectivity index (χ4v) is 2.24. The molecule has 0 aromatic heterocycles. The van der Waals surface area contributed by atoms with Crippen LogP contribution in [0.1, 0.15) is 26.7 Å². The third-order valence-corrected chi connectivity index (χ3v) is 3.54. The summed E-state index contributed by atoms with van der Waals surface area (Å²) < 4.78 is 5.53. The molecule has 1 aliphatic rings. The molecular weight excluding hydrogens is 202 g/mol. The van der Waals surface area contributed by atoms with Gasteiger partial charge >= 0.3 is 0 Å². The third-order valence-electron chi connectivity index (χ3n) is 3.54. The van der Waals surface area contributed by atoms with Crippen LogP contribution in [0.3, 0.4) is 0 Å². The summed E-state index contributed by atoms with van der Waals surface area (Å²) in [6, 6.07) is 0. The lowest BCUT2D eigenvalue weighted by Crippen LogP contribution is -2.57. The van der Waals surface area contributed by atoms with Crippen molar-refractivity contribution in [3.8, 4) is 0 Å². The van der Waals surface area contributed by atoms with Crippen LogP contribution < -0.4 is 11.1 Å². The minimum atomic E-state index is 0.0331. The summed E-state index contributed by atoms with van der Waals surface area (Å²) in [6.45, 7) is 11.1. The Bertz CT molecular complexity index is 177. The number of hydrogen-bond acceptors (Lipinski definition) is 4. The molecule has 1 saturated heterocycles. The molecule has 0 aromatic rings. The van der Waals surface area contributed by atoms with Gasteiger partial charge in [-0.05, 0) is 25.9 Å². The molecule has 4 heteroatoms. The molecule has 0 aromatic carbocycles. The summed E-state index contributed by atoms with van der Waals surface area (Å²) in [5.74, 6) is 0. The Morgan fingerprint density at radius 3 is 2.62 bits per heavy atom. The lowest BCUT2D eigenvalue weighted by atomic mass is 9.92. The van der Waals surface area contributed by atoms with Gasteiger partial charge in [-0.3, -0.25) is 0 Å². The maximum atomic E-state index is 5.86. The number of nitrogens with zero attached hydrogens (tertiary/aromatic N) is 1. The second kappa shape index (κ2) is 7.22. The molecule has 0 aliphatic carbocycles. The Labute approximate surface area is 99.5 Å². The second-order valence-electron chi connectivity index (χ2n) is 4.59. The summed E-state index contributed by atoms with van der Waals surface area (Å²) in [6.07, 6.45) is 2.26. The molecule has 3 N–H and O–H groups in total. The van der Waals surface area contributed by atoms with E-state index < -0.39 is 0 Å². The third kappa shape index (κ3) is 4.01. The first-order valence-corrected chi connectivity index (χ1v) is 6.51. The van der Waals surface area contributed by atoms with Gasteiger partial charge in [0.2, 0.25) is 0 Å². The van der Waals surface area contributed by atoms with Gasteiger partial charge in [0.1, 0.15) is 0 Å². The molecule has 1 fully saturated rings. The zero-order valence-corrected chi connectivity index (χ0v) is 10.8. The first-order chi connectivity index (χ1) is 7.76. The highest BCUT2D eigenvalue weighted by atomic mass is 16.5. The zero-order valence-electron chi connectivity index (χ0n) is 10.8. The van der Waals surface area contributed by atoms with E-state index in [0.29, 0.717) is 6.54 Å². The molecule has 96 valence electrons. The molecule has 4 nitrogen and oxygen atoms in total. The summed E-state index contributed by atoms with van der Waals surface area (Å²) in [5.41, 5.74) is 5.90. The van der Waals surface area contributed by atoms with Gasteiger partial charge in [-0.15, -0.1) is 0 Å². The number of hydrogen-bond donors (Lipinski definition) is 2. The van der Waals surface area contributed by atoms with Crippen molar-refractivity contribution in [1.82, 2.24) is 10.2 Å². The molecule has 0 amide bonds. The fraction of sp³-hybridized carbons (Fsp3) is 1.00. The van der Waals surface area contributed by atoms with Gasteiger partial charge in [-0.25, -0.2) is 0 Å². The standard InChI is InChI=1S/C12H27N3O/c1-3-15(4-2)8-7-14-12(10-13)6-5-9-16-11-12/h14H,3-11,13H2,1-2H3. The highest BCUT2D eigenvalue weighted by Gasteiger charge is 2.30. The van der Waals surface area contributed by atoms with Gasteiger partial charge in [-0.1, -0.05) is 13.8 Å². The molecule has 1 rings (SSSR count). The quantitative estimate of drug-likeness (QED) is 0.664. The number of ether oxygens (including phenoxy) is 1. The molecule has 0 spiro atoms. The normalized spacial score (nSPS) is 26.2.